The number of nitrogens with zero attached hydrogens (tertiary/aromatic N) is 2. The van der Waals surface area contributed by atoms with Crippen molar-refractivity contribution < 1.29 is 4.39 Å². The summed E-state index contributed by atoms with van der Waals surface area (Å²) in [6.45, 7) is 10.1. The minimum atomic E-state index is -0.201. The van der Waals surface area contributed by atoms with Gasteiger partial charge in [-0.3, -0.25) is 4.68 Å². The van der Waals surface area contributed by atoms with Gasteiger partial charge in [0.15, 0.2) is 0 Å². The molecule has 0 aliphatic carbocycles. The van der Waals surface area contributed by atoms with Crippen LogP contribution in [0, 0.1) is 19.7 Å². The highest BCUT2D eigenvalue weighted by atomic mass is 19.1. The molecule has 0 unspecified atom stereocenters. The molecule has 0 saturated carbocycles. The van der Waals surface area contributed by atoms with Crippen molar-refractivity contribution in [3.05, 3.63) is 52.6 Å². The fourth-order valence-electron chi connectivity index (χ4n) is 2.50. The van der Waals surface area contributed by atoms with Crippen molar-refractivity contribution in [3.63, 3.8) is 0 Å². The van der Waals surface area contributed by atoms with Crippen LogP contribution in [0.15, 0.2) is 24.3 Å². The molecule has 0 radical (unpaired) electrons. The highest BCUT2D eigenvalue weighted by molar-refractivity contribution is 5.26. The molecule has 0 fully saturated rings. The third kappa shape index (κ3) is 4.14. The Morgan fingerprint density at radius 2 is 1.86 bits per heavy atom. The van der Waals surface area contributed by atoms with Gasteiger partial charge in [0.05, 0.1) is 12.2 Å². The van der Waals surface area contributed by atoms with E-state index in [2.05, 4.69) is 38.1 Å². The standard InChI is InChI=1S/C17H24FN3/c1-12(2)19-10-9-17-13(3)20-21(14(17)4)11-15-5-7-16(18)8-6-15/h5-8,12,19H,9-11H2,1-4H3. The molecule has 0 bridgehead atoms. The zero-order valence-electron chi connectivity index (χ0n) is 13.3. The minimum absolute atomic E-state index is 0.201. The maximum Gasteiger partial charge on any atom is 0.123 e. The number of benzene rings is 1. The fraction of sp³-hybridized carbons (Fsp3) is 0.471. The number of aromatic nitrogens is 2. The summed E-state index contributed by atoms with van der Waals surface area (Å²) >= 11 is 0. The monoisotopic (exact) mass is 289 g/mol. The van der Waals surface area contributed by atoms with Crippen LogP contribution < -0.4 is 5.32 Å². The fourth-order valence-corrected chi connectivity index (χ4v) is 2.50. The summed E-state index contributed by atoms with van der Waals surface area (Å²) in [7, 11) is 0. The predicted octanol–water partition coefficient (Wildman–Crippen LogP) is 3.23. The molecule has 114 valence electrons. The van der Waals surface area contributed by atoms with Crippen molar-refractivity contribution in [1.82, 2.24) is 15.1 Å². The van der Waals surface area contributed by atoms with Crippen molar-refractivity contribution in [3.8, 4) is 0 Å². The van der Waals surface area contributed by atoms with Crippen LogP contribution in [0.5, 0.6) is 0 Å². The number of hydrogen-bond donors (Lipinski definition) is 1. The van der Waals surface area contributed by atoms with Crippen molar-refractivity contribution >= 4 is 0 Å². The topological polar surface area (TPSA) is 29.9 Å². The van der Waals surface area contributed by atoms with E-state index in [9.17, 15) is 4.39 Å². The predicted molar refractivity (Wildman–Crippen MR) is 84.0 cm³/mol. The van der Waals surface area contributed by atoms with Crippen LogP contribution in [-0.2, 0) is 13.0 Å². The van der Waals surface area contributed by atoms with Gasteiger partial charge in [0, 0.05) is 11.7 Å². The molecular formula is C17H24FN3. The van der Waals surface area contributed by atoms with Gasteiger partial charge in [-0.25, -0.2) is 4.39 Å². The second-order valence-corrected chi connectivity index (χ2v) is 5.79. The van der Waals surface area contributed by atoms with Crippen LogP contribution in [0.4, 0.5) is 4.39 Å². The Bertz CT molecular complexity index is 585. The summed E-state index contributed by atoms with van der Waals surface area (Å²) in [5, 5.41) is 8.06. The molecule has 1 N–H and O–H groups in total. The van der Waals surface area contributed by atoms with Gasteiger partial charge in [-0.1, -0.05) is 26.0 Å². The lowest BCUT2D eigenvalue weighted by Gasteiger charge is -2.09. The molecule has 2 rings (SSSR count). The zero-order valence-corrected chi connectivity index (χ0v) is 13.3. The Labute approximate surface area is 126 Å². The molecule has 21 heavy (non-hydrogen) atoms. The number of hydrogen-bond acceptors (Lipinski definition) is 2. The normalized spacial score (nSPS) is 11.3. The van der Waals surface area contributed by atoms with Crippen LogP contribution in [0.3, 0.4) is 0 Å². The summed E-state index contributed by atoms with van der Waals surface area (Å²) in [6, 6.07) is 7.11. The minimum Gasteiger partial charge on any atom is -0.314 e. The first-order valence-corrected chi connectivity index (χ1v) is 7.48. The third-order valence-corrected chi connectivity index (χ3v) is 3.70. The third-order valence-electron chi connectivity index (χ3n) is 3.70. The molecule has 0 saturated heterocycles. The maximum absolute atomic E-state index is 12.9. The van der Waals surface area contributed by atoms with E-state index in [-0.39, 0.29) is 5.82 Å². The van der Waals surface area contributed by atoms with E-state index in [1.165, 1.54) is 23.4 Å². The first-order chi connectivity index (χ1) is 9.97. The number of rotatable bonds is 6. The van der Waals surface area contributed by atoms with Crippen LogP contribution >= 0.6 is 0 Å². The summed E-state index contributed by atoms with van der Waals surface area (Å²) in [4.78, 5) is 0. The van der Waals surface area contributed by atoms with Gasteiger partial charge in [-0.05, 0) is 50.1 Å². The van der Waals surface area contributed by atoms with Crippen LogP contribution in [0.1, 0.15) is 36.4 Å². The van der Waals surface area contributed by atoms with E-state index in [0.717, 1.165) is 24.2 Å². The first kappa shape index (κ1) is 15.7. The largest absolute Gasteiger partial charge is 0.314 e. The van der Waals surface area contributed by atoms with Gasteiger partial charge in [0.25, 0.3) is 0 Å². The van der Waals surface area contributed by atoms with E-state index < -0.39 is 0 Å². The van der Waals surface area contributed by atoms with Gasteiger partial charge >= 0.3 is 0 Å². The molecule has 0 aliphatic heterocycles. The van der Waals surface area contributed by atoms with E-state index in [0.29, 0.717) is 12.6 Å². The van der Waals surface area contributed by atoms with Crippen molar-refractivity contribution in [1.29, 1.82) is 0 Å². The summed E-state index contributed by atoms with van der Waals surface area (Å²) in [5.41, 5.74) is 4.65. The Balaban J connectivity index is 2.09. The summed E-state index contributed by atoms with van der Waals surface area (Å²) < 4.78 is 15.0. The smallest absolute Gasteiger partial charge is 0.123 e. The second kappa shape index (κ2) is 6.85. The average Bonchev–Trinajstić information content (AvgIpc) is 2.68. The first-order valence-electron chi connectivity index (χ1n) is 7.48. The van der Waals surface area contributed by atoms with Gasteiger partial charge in [0.1, 0.15) is 5.82 Å². The van der Waals surface area contributed by atoms with E-state index in [1.54, 1.807) is 0 Å². The average molecular weight is 289 g/mol. The summed E-state index contributed by atoms with van der Waals surface area (Å²) in [6.07, 6.45) is 0.985. The molecular weight excluding hydrogens is 265 g/mol. The lowest BCUT2D eigenvalue weighted by molar-refractivity contribution is 0.588. The molecule has 4 heteroatoms. The molecule has 0 atom stereocenters. The Morgan fingerprint density at radius 3 is 2.48 bits per heavy atom. The number of nitrogens with one attached hydrogen (secondary N) is 1. The van der Waals surface area contributed by atoms with E-state index in [1.807, 2.05) is 16.8 Å². The lowest BCUT2D eigenvalue weighted by Crippen LogP contribution is -2.25. The van der Waals surface area contributed by atoms with E-state index >= 15 is 0 Å². The Kier molecular flexibility index (Phi) is 5.12. The SMILES string of the molecule is Cc1nn(Cc2ccc(F)cc2)c(C)c1CCNC(C)C. The van der Waals surface area contributed by atoms with Gasteiger partial charge in [-0.2, -0.15) is 5.10 Å². The molecule has 3 nitrogen and oxygen atoms in total. The molecule has 0 amide bonds. The second-order valence-electron chi connectivity index (χ2n) is 5.79. The van der Waals surface area contributed by atoms with Crippen LogP contribution in [0.25, 0.3) is 0 Å². The molecule has 2 aromatic rings. The number of aryl methyl sites for hydroxylation is 1. The molecule has 0 spiro atoms. The van der Waals surface area contributed by atoms with Gasteiger partial charge in [0.2, 0.25) is 0 Å². The molecule has 1 heterocycles. The molecule has 0 aliphatic rings. The van der Waals surface area contributed by atoms with Crippen molar-refractivity contribution in [2.75, 3.05) is 6.54 Å². The quantitative estimate of drug-likeness (QED) is 0.885. The lowest BCUT2D eigenvalue weighted by atomic mass is 10.1. The Hall–Kier alpha value is -1.68. The van der Waals surface area contributed by atoms with Crippen LogP contribution in [0.2, 0.25) is 0 Å². The number of halogens is 1. The molecule has 1 aromatic heterocycles. The van der Waals surface area contributed by atoms with Crippen molar-refractivity contribution in [2.24, 2.45) is 0 Å². The van der Waals surface area contributed by atoms with Gasteiger partial charge in [-0.15, -0.1) is 0 Å². The molecule has 1 aromatic carbocycles. The summed E-state index contributed by atoms with van der Waals surface area (Å²) in [5.74, 6) is -0.201. The van der Waals surface area contributed by atoms with E-state index in [4.69, 9.17) is 0 Å². The van der Waals surface area contributed by atoms with Crippen LogP contribution in [-0.4, -0.2) is 22.4 Å². The Morgan fingerprint density at radius 1 is 1.19 bits per heavy atom. The maximum atomic E-state index is 12.9. The highest BCUT2D eigenvalue weighted by Gasteiger charge is 2.11. The van der Waals surface area contributed by atoms with Crippen molar-refractivity contribution in [2.45, 2.75) is 46.7 Å². The van der Waals surface area contributed by atoms with Gasteiger partial charge < -0.3 is 5.32 Å². The highest BCUT2D eigenvalue weighted by Crippen LogP contribution is 2.15. The zero-order chi connectivity index (χ0) is 15.4.